The van der Waals surface area contributed by atoms with Gasteiger partial charge in [0.1, 0.15) is 0 Å². The van der Waals surface area contributed by atoms with Crippen molar-refractivity contribution in [1.29, 1.82) is 0 Å². The number of carbonyl (C=O) groups excluding carboxylic acids is 1. The van der Waals surface area contributed by atoms with Crippen molar-refractivity contribution >= 4 is 16.9 Å². The number of aromatic amines is 1. The van der Waals surface area contributed by atoms with Gasteiger partial charge in [-0.25, -0.2) is 4.79 Å². The Hall–Kier alpha value is -1.97. The maximum atomic E-state index is 11.9. The minimum atomic E-state index is 0.0527. The van der Waals surface area contributed by atoms with Crippen LogP contribution >= 0.6 is 0 Å². The van der Waals surface area contributed by atoms with Crippen LogP contribution in [0.4, 0.5) is 4.79 Å². The second-order valence-corrected chi connectivity index (χ2v) is 4.95. The standard InChI is InChI=1S/C15H19N3O/c1-2-16-15(19)18-9-7-12-11-5-3-4-6-13(11)17-14(12)8-10-18/h3-6,17H,2,7-10H2,1H3,(H,16,19). The van der Waals surface area contributed by atoms with E-state index in [-0.39, 0.29) is 6.03 Å². The van der Waals surface area contributed by atoms with E-state index in [1.54, 1.807) is 0 Å². The van der Waals surface area contributed by atoms with Crippen molar-refractivity contribution < 1.29 is 4.79 Å². The summed E-state index contributed by atoms with van der Waals surface area (Å²) < 4.78 is 0. The monoisotopic (exact) mass is 257 g/mol. The Kier molecular flexibility index (Phi) is 3.15. The van der Waals surface area contributed by atoms with Gasteiger partial charge in [-0.15, -0.1) is 0 Å². The zero-order chi connectivity index (χ0) is 13.2. The van der Waals surface area contributed by atoms with Crippen molar-refractivity contribution in [3.8, 4) is 0 Å². The third-order valence-electron chi connectivity index (χ3n) is 3.78. The molecule has 0 aliphatic carbocycles. The van der Waals surface area contributed by atoms with Crippen LogP contribution in [0.1, 0.15) is 18.2 Å². The molecular weight excluding hydrogens is 238 g/mol. The second kappa shape index (κ2) is 4.96. The fourth-order valence-corrected chi connectivity index (χ4v) is 2.83. The molecule has 2 N–H and O–H groups in total. The molecule has 0 saturated carbocycles. The normalized spacial score (nSPS) is 15.1. The van der Waals surface area contributed by atoms with Gasteiger partial charge in [-0.05, 0) is 25.0 Å². The average Bonchev–Trinajstić information content (AvgIpc) is 2.63. The van der Waals surface area contributed by atoms with Crippen molar-refractivity contribution in [3.05, 3.63) is 35.5 Å². The van der Waals surface area contributed by atoms with Gasteiger partial charge in [0.25, 0.3) is 0 Å². The van der Waals surface area contributed by atoms with Crippen molar-refractivity contribution in [1.82, 2.24) is 15.2 Å². The fourth-order valence-electron chi connectivity index (χ4n) is 2.83. The molecule has 0 unspecified atom stereocenters. The van der Waals surface area contributed by atoms with Crippen LogP contribution in [0.25, 0.3) is 10.9 Å². The predicted molar refractivity (Wildman–Crippen MR) is 76.4 cm³/mol. The van der Waals surface area contributed by atoms with Gasteiger partial charge >= 0.3 is 6.03 Å². The molecule has 1 aromatic carbocycles. The lowest BCUT2D eigenvalue weighted by atomic mass is 10.1. The first-order valence-corrected chi connectivity index (χ1v) is 6.91. The number of nitrogens with one attached hydrogen (secondary N) is 2. The molecule has 1 aliphatic heterocycles. The number of rotatable bonds is 1. The van der Waals surface area contributed by atoms with Crippen LogP contribution in [0, 0.1) is 0 Å². The van der Waals surface area contributed by atoms with E-state index in [0.29, 0.717) is 6.54 Å². The van der Waals surface area contributed by atoms with E-state index < -0.39 is 0 Å². The molecule has 1 aliphatic rings. The zero-order valence-corrected chi connectivity index (χ0v) is 11.2. The summed E-state index contributed by atoms with van der Waals surface area (Å²) in [4.78, 5) is 17.3. The molecule has 4 heteroatoms. The predicted octanol–water partition coefficient (Wildman–Crippen LogP) is 2.30. The van der Waals surface area contributed by atoms with Gasteiger partial charge in [-0.1, -0.05) is 18.2 Å². The Morgan fingerprint density at radius 1 is 1.32 bits per heavy atom. The van der Waals surface area contributed by atoms with Crippen LogP contribution in [0.2, 0.25) is 0 Å². The number of hydrogen-bond donors (Lipinski definition) is 2. The molecule has 4 nitrogen and oxygen atoms in total. The maximum Gasteiger partial charge on any atom is 0.317 e. The van der Waals surface area contributed by atoms with Crippen LogP contribution in [-0.2, 0) is 12.8 Å². The summed E-state index contributed by atoms with van der Waals surface area (Å²) in [6.07, 6.45) is 1.83. The molecule has 0 saturated heterocycles. The molecule has 2 aromatic rings. The largest absolute Gasteiger partial charge is 0.358 e. The van der Waals surface area contributed by atoms with Crippen LogP contribution in [0.15, 0.2) is 24.3 Å². The van der Waals surface area contributed by atoms with Crippen molar-refractivity contribution in [3.63, 3.8) is 0 Å². The van der Waals surface area contributed by atoms with E-state index in [1.807, 2.05) is 11.8 Å². The fraction of sp³-hybridized carbons (Fsp3) is 0.400. The molecule has 0 bridgehead atoms. The number of nitrogens with zero attached hydrogens (tertiary/aromatic N) is 1. The third-order valence-corrected chi connectivity index (χ3v) is 3.78. The molecule has 0 spiro atoms. The quantitative estimate of drug-likeness (QED) is 0.809. The lowest BCUT2D eigenvalue weighted by Gasteiger charge is -2.20. The summed E-state index contributed by atoms with van der Waals surface area (Å²) >= 11 is 0. The molecule has 0 radical (unpaired) electrons. The first-order valence-electron chi connectivity index (χ1n) is 6.91. The topological polar surface area (TPSA) is 48.1 Å². The zero-order valence-electron chi connectivity index (χ0n) is 11.2. The number of aromatic nitrogens is 1. The Morgan fingerprint density at radius 3 is 2.95 bits per heavy atom. The Bertz CT molecular complexity index is 602. The minimum absolute atomic E-state index is 0.0527. The van der Waals surface area contributed by atoms with Crippen molar-refractivity contribution in [2.45, 2.75) is 19.8 Å². The van der Waals surface area contributed by atoms with E-state index in [0.717, 1.165) is 25.9 Å². The summed E-state index contributed by atoms with van der Waals surface area (Å²) in [7, 11) is 0. The summed E-state index contributed by atoms with van der Waals surface area (Å²) in [5.74, 6) is 0. The van der Waals surface area contributed by atoms with Gasteiger partial charge in [-0.3, -0.25) is 0 Å². The van der Waals surface area contributed by atoms with Gasteiger partial charge in [0.15, 0.2) is 0 Å². The van der Waals surface area contributed by atoms with E-state index in [4.69, 9.17) is 0 Å². The lowest BCUT2D eigenvalue weighted by Crippen LogP contribution is -2.41. The highest BCUT2D eigenvalue weighted by molar-refractivity contribution is 5.85. The first kappa shape index (κ1) is 12.1. The molecule has 100 valence electrons. The SMILES string of the molecule is CCNC(=O)N1CCc2[nH]c3ccccc3c2CC1. The van der Waals surface area contributed by atoms with E-state index in [2.05, 4.69) is 34.6 Å². The van der Waals surface area contributed by atoms with Crippen LogP contribution in [-0.4, -0.2) is 35.5 Å². The lowest BCUT2D eigenvalue weighted by molar-refractivity contribution is 0.201. The number of para-hydroxylation sites is 1. The first-order chi connectivity index (χ1) is 9.29. The summed E-state index contributed by atoms with van der Waals surface area (Å²) in [6, 6.07) is 8.46. The number of H-pyrrole nitrogens is 1. The highest BCUT2D eigenvalue weighted by Gasteiger charge is 2.20. The van der Waals surface area contributed by atoms with Crippen molar-refractivity contribution in [2.75, 3.05) is 19.6 Å². The molecule has 0 atom stereocenters. The number of amides is 2. The molecule has 1 aromatic heterocycles. The average molecular weight is 257 g/mol. The van der Waals surface area contributed by atoms with Gasteiger partial charge < -0.3 is 15.2 Å². The van der Waals surface area contributed by atoms with Gasteiger partial charge in [0.05, 0.1) is 0 Å². The molecular formula is C15H19N3O. The Morgan fingerprint density at radius 2 is 2.11 bits per heavy atom. The molecule has 2 heterocycles. The Labute approximate surface area is 112 Å². The highest BCUT2D eigenvalue weighted by Crippen LogP contribution is 2.25. The van der Waals surface area contributed by atoms with Crippen LogP contribution < -0.4 is 5.32 Å². The number of benzene rings is 1. The van der Waals surface area contributed by atoms with Gasteiger partial charge in [0, 0.05) is 42.7 Å². The minimum Gasteiger partial charge on any atom is -0.358 e. The maximum absolute atomic E-state index is 11.9. The van der Waals surface area contributed by atoms with E-state index in [1.165, 1.54) is 22.2 Å². The smallest absolute Gasteiger partial charge is 0.317 e. The summed E-state index contributed by atoms with van der Waals surface area (Å²) in [6.45, 7) is 4.21. The van der Waals surface area contributed by atoms with Gasteiger partial charge in [0.2, 0.25) is 0 Å². The number of hydrogen-bond acceptors (Lipinski definition) is 1. The highest BCUT2D eigenvalue weighted by atomic mass is 16.2. The van der Waals surface area contributed by atoms with Crippen LogP contribution in [0.5, 0.6) is 0 Å². The second-order valence-electron chi connectivity index (χ2n) is 4.95. The number of urea groups is 1. The summed E-state index contributed by atoms with van der Waals surface area (Å²) in [5.41, 5.74) is 3.87. The molecule has 0 fully saturated rings. The number of carbonyl (C=O) groups is 1. The third kappa shape index (κ3) is 2.18. The van der Waals surface area contributed by atoms with E-state index in [9.17, 15) is 4.79 Å². The summed E-state index contributed by atoms with van der Waals surface area (Å²) in [5, 5.41) is 4.18. The molecule has 2 amide bonds. The molecule has 19 heavy (non-hydrogen) atoms. The Balaban J connectivity index is 1.85. The van der Waals surface area contributed by atoms with Crippen LogP contribution in [0.3, 0.4) is 0 Å². The molecule has 3 rings (SSSR count). The number of fused-ring (bicyclic) bond motifs is 3. The van der Waals surface area contributed by atoms with E-state index >= 15 is 0 Å². The van der Waals surface area contributed by atoms with Crippen molar-refractivity contribution in [2.24, 2.45) is 0 Å². The van der Waals surface area contributed by atoms with Gasteiger partial charge in [-0.2, -0.15) is 0 Å².